The first-order valence-corrected chi connectivity index (χ1v) is 4.01. The van der Waals surface area contributed by atoms with Crippen LogP contribution in [0.1, 0.15) is 12.8 Å². The normalized spacial score (nSPS) is 28.0. The third-order valence-electron chi connectivity index (χ3n) is 1.83. The van der Waals surface area contributed by atoms with Crippen LogP contribution in [-0.2, 0) is 9.53 Å². The van der Waals surface area contributed by atoms with Crippen LogP contribution in [0.15, 0.2) is 0 Å². The van der Waals surface area contributed by atoms with Crippen LogP contribution in [0, 0.1) is 5.92 Å². The molecule has 1 saturated heterocycles. The Bertz CT molecular complexity index is 145. The first-order valence-electron chi connectivity index (χ1n) is 3.63. The van der Waals surface area contributed by atoms with Crippen molar-refractivity contribution in [2.45, 2.75) is 19.0 Å². The summed E-state index contributed by atoms with van der Waals surface area (Å²) in [5, 5.41) is -0.902. The summed E-state index contributed by atoms with van der Waals surface area (Å²) in [6.07, 6.45) is -0.0357. The summed E-state index contributed by atoms with van der Waals surface area (Å²) in [7, 11) is 0. The van der Waals surface area contributed by atoms with E-state index >= 15 is 0 Å². The Hall–Kier alpha value is -0.150. The van der Waals surface area contributed by atoms with E-state index in [1.165, 1.54) is 0 Å². The highest BCUT2D eigenvalue weighted by Gasteiger charge is 2.28. The fourth-order valence-corrected chi connectivity index (χ4v) is 1.36. The summed E-state index contributed by atoms with van der Waals surface area (Å²) in [4.78, 5) is 10.4. The van der Waals surface area contributed by atoms with Crippen LogP contribution >= 0.6 is 11.6 Å². The van der Waals surface area contributed by atoms with Gasteiger partial charge >= 0.3 is 0 Å². The van der Waals surface area contributed by atoms with Crippen molar-refractivity contribution >= 4 is 16.8 Å². The Morgan fingerprint density at radius 3 is 2.91 bits per heavy atom. The van der Waals surface area contributed by atoms with Crippen molar-refractivity contribution in [3.8, 4) is 0 Å². The number of ether oxygens (including phenoxy) is 1. The molecule has 0 aromatic carbocycles. The maximum atomic E-state index is 12.8. The van der Waals surface area contributed by atoms with Gasteiger partial charge in [-0.2, -0.15) is 0 Å². The summed E-state index contributed by atoms with van der Waals surface area (Å²) < 4.78 is 17.9. The van der Waals surface area contributed by atoms with Crippen molar-refractivity contribution in [2.24, 2.45) is 5.92 Å². The number of carbonyl (C=O) groups is 1. The second kappa shape index (κ2) is 4.02. The number of halogens is 2. The molecule has 0 aromatic rings. The molecule has 0 amide bonds. The fourth-order valence-electron chi connectivity index (χ4n) is 1.18. The van der Waals surface area contributed by atoms with Gasteiger partial charge in [-0.3, -0.25) is 4.79 Å². The van der Waals surface area contributed by atoms with Gasteiger partial charge in [0, 0.05) is 12.5 Å². The van der Waals surface area contributed by atoms with Crippen molar-refractivity contribution in [1.82, 2.24) is 0 Å². The largest absolute Gasteiger partial charge is 0.381 e. The second-order valence-corrected chi connectivity index (χ2v) is 3.06. The van der Waals surface area contributed by atoms with E-state index in [0.29, 0.717) is 19.6 Å². The minimum absolute atomic E-state index is 0.319. The van der Waals surface area contributed by atoms with Gasteiger partial charge in [0.15, 0.2) is 6.17 Å². The lowest BCUT2D eigenvalue weighted by molar-refractivity contribution is -0.119. The zero-order valence-corrected chi connectivity index (χ0v) is 6.81. The van der Waals surface area contributed by atoms with E-state index < -0.39 is 11.4 Å². The molecule has 1 heterocycles. The van der Waals surface area contributed by atoms with E-state index in [0.717, 1.165) is 6.42 Å². The van der Waals surface area contributed by atoms with Crippen LogP contribution in [0.3, 0.4) is 0 Å². The van der Waals surface area contributed by atoms with Crippen LogP contribution in [0.5, 0.6) is 0 Å². The van der Waals surface area contributed by atoms with E-state index in [1.54, 1.807) is 0 Å². The fraction of sp³-hybridized carbons (Fsp3) is 0.857. The van der Waals surface area contributed by atoms with Crippen LogP contribution in [0.2, 0.25) is 0 Å². The molecule has 11 heavy (non-hydrogen) atoms. The molecule has 4 heteroatoms. The number of hydrogen-bond donors (Lipinski definition) is 0. The second-order valence-electron chi connectivity index (χ2n) is 2.68. The van der Waals surface area contributed by atoms with Crippen molar-refractivity contribution in [3.05, 3.63) is 0 Å². The lowest BCUT2D eigenvalue weighted by Crippen LogP contribution is -2.29. The summed E-state index contributed by atoms with van der Waals surface area (Å²) in [5.41, 5.74) is 0. The monoisotopic (exact) mass is 180 g/mol. The van der Waals surface area contributed by atoms with Gasteiger partial charge < -0.3 is 4.74 Å². The maximum absolute atomic E-state index is 12.8. The predicted octanol–water partition coefficient (Wildman–Crippen LogP) is 1.52. The van der Waals surface area contributed by atoms with Crippen molar-refractivity contribution in [1.29, 1.82) is 0 Å². The minimum Gasteiger partial charge on any atom is -0.381 e. The number of hydrogen-bond acceptors (Lipinski definition) is 2. The van der Waals surface area contributed by atoms with E-state index in [-0.39, 0.29) is 5.92 Å². The lowest BCUT2D eigenvalue weighted by Gasteiger charge is -2.22. The third-order valence-corrected chi connectivity index (χ3v) is 2.03. The molecule has 0 saturated carbocycles. The summed E-state index contributed by atoms with van der Waals surface area (Å²) >= 11 is 4.99. The first kappa shape index (κ1) is 8.94. The van der Waals surface area contributed by atoms with E-state index in [9.17, 15) is 9.18 Å². The molecule has 2 unspecified atom stereocenters. The first-order chi connectivity index (χ1) is 5.22. The van der Waals surface area contributed by atoms with Gasteiger partial charge in [-0.15, -0.1) is 0 Å². The Balaban J connectivity index is 2.38. The van der Waals surface area contributed by atoms with Gasteiger partial charge in [0.05, 0.1) is 6.61 Å². The molecule has 2 atom stereocenters. The standard InChI is InChI=1S/C7H10ClFO2/c8-7(10)6(9)5-2-1-3-11-4-5/h5-6H,1-4H2. The van der Waals surface area contributed by atoms with Crippen LogP contribution in [0.25, 0.3) is 0 Å². The average molecular weight is 181 g/mol. The van der Waals surface area contributed by atoms with E-state index in [1.807, 2.05) is 0 Å². The van der Waals surface area contributed by atoms with Gasteiger partial charge in [0.2, 0.25) is 0 Å². The van der Waals surface area contributed by atoms with Gasteiger partial charge in [-0.1, -0.05) is 0 Å². The Morgan fingerprint density at radius 1 is 1.73 bits per heavy atom. The molecular weight excluding hydrogens is 171 g/mol. The molecule has 1 rings (SSSR count). The van der Waals surface area contributed by atoms with E-state index in [4.69, 9.17) is 16.3 Å². The summed E-state index contributed by atoms with van der Waals surface area (Å²) in [5.74, 6) is -0.325. The number of carbonyl (C=O) groups excluding carboxylic acids is 1. The molecular formula is C7H10ClFO2. The van der Waals surface area contributed by atoms with Crippen molar-refractivity contribution < 1.29 is 13.9 Å². The number of alkyl halides is 1. The number of rotatable bonds is 2. The van der Waals surface area contributed by atoms with Gasteiger partial charge in [-0.25, -0.2) is 4.39 Å². The molecule has 0 bridgehead atoms. The van der Waals surface area contributed by atoms with Gasteiger partial charge in [0.25, 0.3) is 5.24 Å². The molecule has 0 spiro atoms. The van der Waals surface area contributed by atoms with E-state index in [2.05, 4.69) is 0 Å². The quantitative estimate of drug-likeness (QED) is 0.603. The predicted molar refractivity (Wildman–Crippen MR) is 39.3 cm³/mol. The maximum Gasteiger partial charge on any atom is 0.256 e. The minimum atomic E-state index is -1.54. The topological polar surface area (TPSA) is 26.3 Å². The van der Waals surface area contributed by atoms with Gasteiger partial charge in [0.1, 0.15) is 0 Å². The third kappa shape index (κ3) is 2.42. The molecule has 0 N–H and O–H groups in total. The van der Waals surface area contributed by atoms with Gasteiger partial charge in [-0.05, 0) is 24.4 Å². The molecule has 0 aliphatic carbocycles. The van der Waals surface area contributed by atoms with Crippen LogP contribution in [0.4, 0.5) is 4.39 Å². The summed E-state index contributed by atoms with van der Waals surface area (Å²) in [6.45, 7) is 0.985. The Kier molecular flexibility index (Phi) is 3.27. The molecule has 1 aliphatic heterocycles. The highest BCUT2D eigenvalue weighted by atomic mass is 35.5. The van der Waals surface area contributed by atoms with Crippen LogP contribution in [-0.4, -0.2) is 24.6 Å². The zero-order chi connectivity index (χ0) is 8.27. The Morgan fingerprint density at radius 2 is 2.45 bits per heavy atom. The van der Waals surface area contributed by atoms with Crippen LogP contribution < -0.4 is 0 Å². The van der Waals surface area contributed by atoms with Crippen molar-refractivity contribution in [2.75, 3.05) is 13.2 Å². The summed E-state index contributed by atoms with van der Waals surface area (Å²) in [6, 6.07) is 0. The molecule has 1 aliphatic rings. The highest BCUT2D eigenvalue weighted by Crippen LogP contribution is 2.21. The molecule has 0 radical (unpaired) electrons. The Labute approximate surface area is 69.7 Å². The highest BCUT2D eigenvalue weighted by molar-refractivity contribution is 6.64. The average Bonchev–Trinajstić information content (AvgIpc) is 2.05. The van der Waals surface area contributed by atoms with Crippen molar-refractivity contribution in [3.63, 3.8) is 0 Å². The lowest BCUT2D eigenvalue weighted by atomic mass is 9.98. The molecule has 64 valence electrons. The molecule has 2 nitrogen and oxygen atoms in total. The zero-order valence-electron chi connectivity index (χ0n) is 6.06. The smallest absolute Gasteiger partial charge is 0.256 e. The molecule has 1 fully saturated rings. The molecule has 0 aromatic heterocycles. The SMILES string of the molecule is O=C(Cl)C(F)C1CCCOC1.